The largest absolute Gasteiger partial charge is 0.366 e. The fourth-order valence-corrected chi connectivity index (χ4v) is 4.70. The van der Waals surface area contributed by atoms with E-state index in [2.05, 4.69) is 9.88 Å². The lowest BCUT2D eigenvalue weighted by molar-refractivity contribution is -0.390. The van der Waals surface area contributed by atoms with Gasteiger partial charge in [-0.25, -0.2) is 4.39 Å². The van der Waals surface area contributed by atoms with Crippen molar-refractivity contribution < 1.29 is 18.8 Å². The summed E-state index contributed by atoms with van der Waals surface area (Å²) in [6.07, 6.45) is 2.74. The molecular weight excluding hydrogens is 427 g/mol. The van der Waals surface area contributed by atoms with Gasteiger partial charge in [-0.3, -0.25) is 4.79 Å². The molecule has 0 saturated carbocycles. The molecule has 33 heavy (non-hydrogen) atoms. The van der Waals surface area contributed by atoms with Crippen LogP contribution in [0.4, 0.5) is 15.9 Å². The number of halogens is 1. The van der Waals surface area contributed by atoms with E-state index in [1.165, 1.54) is 12.3 Å². The number of nitrogens with zero attached hydrogens (tertiary/aromatic N) is 4. The Morgan fingerprint density at radius 2 is 1.97 bits per heavy atom. The first kappa shape index (κ1) is 23.3. The highest BCUT2D eigenvalue weighted by Crippen LogP contribution is 2.37. The van der Waals surface area contributed by atoms with E-state index in [0.29, 0.717) is 43.6 Å². The molecule has 4 rings (SSSR count). The van der Waals surface area contributed by atoms with Gasteiger partial charge in [0.1, 0.15) is 18.1 Å². The van der Waals surface area contributed by atoms with Crippen molar-refractivity contribution in [2.75, 3.05) is 31.1 Å². The first-order chi connectivity index (χ1) is 15.8. The average molecular weight is 457 g/mol. The Morgan fingerprint density at radius 3 is 2.64 bits per heavy atom. The highest BCUT2D eigenvalue weighted by atomic mass is 19.1. The molecule has 1 atom stereocenters. The number of piperidine rings is 1. The van der Waals surface area contributed by atoms with E-state index in [4.69, 9.17) is 4.74 Å². The van der Waals surface area contributed by atoms with Gasteiger partial charge >= 0.3 is 5.82 Å². The molecule has 2 fully saturated rings. The highest BCUT2D eigenvalue weighted by Gasteiger charge is 2.48. The number of carbonyl (C=O) groups excluding carboxylic acids is 1. The van der Waals surface area contributed by atoms with E-state index in [9.17, 15) is 19.3 Å². The SMILES string of the molecule is CC(C)C1OC2(CCN(CCc3cccnc3[N+](=O)[O-])CC2)CN(c2ccccc2F)C1=O. The summed E-state index contributed by atoms with van der Waals surface area (Å²) in [5.41, 5.74) is 0.372. The lowest BCUT2D eigenvalue weighted by atomic mass is 9.86. The van der Waals surface area contributed by atoms with Crippen molar-refractivity contribution in [3.63, 3.8) is 0 Å². The van der Waals surface area contributed by atoms with Crippen molar-refractivity contribution in [2.45, 2.75) is 44.8 Å². The number of para-hydroxylation sites is 1. The highest BCUT2D eigenvalue weighted by molar-refractivity contribution is 5.97. The number of aromatic nitrogens is 1. The van der Waals surface area contributed by atoms with Crippen molar-refractivity contribution >= 4 is 17.4 Å². The van der Waals surface area contributed by atoms with Crippen LogP contribution in [0.2, 0.25) is 0 Å². The minimum Gasteiger partial charge on any atom is -0.360 e. The Bertz CT molecular complexity index is 1020. The zero-order chi connectivity index (χ0) is 23.6. The molecule has 1 aromatic carbocycles. The number of nitro groups is 1. The minimum atomic E-state index is -0.622. The van der Waals surface area contributed by atoms with E-state index in [1.807, 2.05) is 13.8 Å². The van der Waals surface area contributed by atoms with E-state index >= 15 is 0 Å². The number of carbonyl (C=O) groups is 1. The number of hydrogen-bond acceptors (Lipinski definition) is 6. The second kappa shape index (κ2) is 9.52. The maximum atomic E-state index is 14.5. The molecule has 2 aromatic rings. The third-order valence-corrected chi connectivity index (χ3v) is 6.59. The number of benzene rings is 1. The molecule has 8 nitrogen and oxygen atoms in total. The molecule has 1 aromatic heterocycles. The van der Waals surface area contributed by atoms with Crippen molar-refractivity contribution in [3.8, 4) is 0 Å². The standard InChI is InChI=1S/C24H29FN4O4/c1-17(2)21-23(30)28(20-8-4-3-7-19(20)25)16-24(33-21)10-14-27(15-11-24)13-9-18-6-5-12-26-22(18)29(31)32/h3-8,12,17,21H,9-11,13-16H2,1-2H3. The van der Waals surface area contributed by atoms with Gasteiger partial charge in [-0.15, -0.1) is 0 Å². The van der Waals surface area contributed by atoms with Gasteiger partial charge in [0, 0.05) is 19.6 Å². The molecular formula is C24H29FN4O4. The van der Waals surface area contributed by atoms with Crippen molar-refractivity contribution in [3.05, 3.63) is 64.1 Å². The van der Waals surface area contributed by atoms with Gasteiger partial charge in [0.15, 0.2) is 0 Å². The van der Waals surface area contributed by atoms with Crippen molar-refractivity contribution in [1.29, 1.82) is 0 Å². The molecule has 0 aliphatic carbocycles. The topological polar surface area (TPSA) is 88.8 Å². The molecule has 9 heteroatoms. The number of pyridine rings is 1. The molecule has 2 saturated heterocycles. The molecule has 3 heterocycles. The fraction of sp³-hybridized carbons (Fsp3) is 0.500. The molecule has 176 valence electrons. The molecule has 2 aliphatic heterocycles. The Balaban J connectivity index is 1.45. The normalized spacial score (nSPS) is 21.0. The predicted octanol–water partition coefficient (Wildman–Crippen LogP) is 3.59. The van der Waals surface area contributed by atoms with Gasteiger partial charge < -0.3 is 24.7 Å². The lowest BCUT2D eigenvalue weighted by Gasteiger charge is -2.50. The summed E-state index contributed by atoms with van der Waals surface area (Å²) >= 11 is 0. The Morgan fingerprint density at radius 1 is 1.24 bits per heavy atom. The van der Waals surface area contributed by atoms with Gasteiger partial charge in [-0.05, 0) is 59.4 Å². The molecule has 1 amide bonds. The Labute approximate surface area is 192 Å². The van der Waals surface area contributed by atoms with E-state index in [-0.39, 0.29) is 17.6 Å². The summed E-state index contributed by atoms with van der Waals surface area (Å²) in [5.74, 6) is -0.749. The van der Waals surface area contributed by atoms with Crippen molar-refractivity contribution in [1.82, 2.24) is 9.88 Å². The summed E-state index contributed by atoms with van der Waals surface area (Å²) in [5, 5.41) is 11.2. The third kappa shape index (κ3) is 4.89. The molecule has 2 aliphatic rings. The Kier molecular flexibility index (Phi) is 6.71. The van der Waals surface area contributed by atoms with Gasteiger partial charge in [0.25, 0.3) is 5.91 Å². The third-order valence-electron chi connectivity index (χ3n) is 6.59. The van der Waals surface area contributed by atoms with Crippen LogP contribution in [0, 0.1) is 21.8 Å². The number of morpholine rings is 1. The fourth-order valence-electron chi connectivity index (χ4n) is 4.70. The minimum absolute atomic E-state index is 0.0342. The molecule has 0 N–H and O–H groups in total. The first-order valence-electron chi connectivity index (χ1n) is 11.3. The summed E-state index contributed by atoms with van der Waals surface area (Å²) in [6.45, 7) is 6.34. The number of rotatable bonds is 6. The van der Waals surface area contributed by atoms with Gasteiger partial charge in [-0.2, -0.15) is 0 Å². The van der Waals surface area contributed by atoms with Crippen LogP contribution < -0.4 is 4.90 Å². The number of anilines is 1. The van der Waals surface area contributed by atoms with Crippen LogP contribution in [-0.2, 0) is 16.0 Å². The van der Waals surface area contributed by atoms with Crippen LogP contribution >= 0.6 is 0 Å². The summed E-state index contributed by atoms with van der Waals surface area (Å²) < 4.78 is 21.0. The summed E-state index contributed by atoms with van der Waals surface area (Å²) in [4.78, 5) is 31.6. The van der Waals surface area contributed by atoms with Crippen LogP contribution in [-0.4, -0.2) is 58.6 Å². The van der Waals surface area contributed by atoms with Crippen LogP contribution in [0.5, 0.6) is 0 Å². The van der Waals surface area contributed by atoms with Crippen LogP contribution in [0.1, 0.15) is 32.3 Å². The van der Waals surface area contributed by atoms with E-state index in [1.54, 1.807) is 35.2 Å². The monoisotopic (exact) mass is 456 g/mol. The number of likely N-dealkylation sites (tertiary alicyclic amines) is 1. The number of ether oxygens (including phenoxy) is 1. The first-order valence-corrected chi connectivity index (χ1v) is 11.3. The van der Waals surface area contributed by atoms with Crippen molar-refractivity contribution in [2.24, 2.45) is 5.92 Å². The number of hydrogen-bond donors (Lipinski definition) is 0. The molecule has 1 spiro atoms. The van der Waals surface area contributed by atoms with Crippen LogP contribution in [0.15, 0.2) is 42.6 Å². The second-order valence-corrected chi connectivity index (χ2v) is 9.18. The summed E-state index contributed by atoms with van der Waals surface area (Å²) in [6, 6.07) is 9.81. The zero-order valence-corrected chi connectivity index (χ0v) is 18.9. The molecule has 1 unspecified atom stereocenters. The lowest BCUT2D eigenvalue weighted by Crippen LogP contribution is -2.63. The quantitative estimate of drug-likeness (QED) is 0.488. The van der Waals surface area contributed by atoms with E-state index in [0.717, 1.165) is 13.1 Å². The Hall–Kier alpha value is -2.91. The average Bonchev–Trinajstić information content (AvgIpc) is 2.80. The summed E-state index contributed by atoms with van der Waals surface area (Å²) in [7, 11) is 0. The maximum absolute atomic E-state index is 14.5. The molecule has 0 radical (unpaired) electrons. The predicted molar refractivity (Wildman–Crippen MR) is 121 cm³/mol. The molecule has 0 bridgehead atoms. The van der Waals surface area contributed by atoms with Gasteiger partial charge in [0.2, 0.25) is 0 Å². The maximum Gasteiger partial charge on any atom is 0.366 e. The number of amides is 1. The van der Waals surface area contributed by atoms with Crippen LogP contribution in [0.25, 0.3) is 0 Å². The van der Waals surface area contributed by atoms with Crippen LogP contribution in [0.3, 0.4) is 0 Å². The van der Waals surface area contributed by atoms with E-state index < -0.39 is 22.4 Å². The zero-order valence-electron chi connectivity index (χ0n) is 18.9. The van der Waals surface area contributed by atoms with Gasteiger partial charge in [0.05, 0.1) is 23.4 Å². The van der Waals surface area contributed by atoms with Gasteiger partial charge in [-0.1, -0.05) is 26.0 Å². The second-order valence-electron chi connectivity index (χ2n) is 9.18. The smallest absolute Gasteiger partial charge is 0.360 e.